The Kier molecular flexibility index (Phi) is 17.3. The number of amides is 6. The summed E-state index contributed by atoms with van der Waals surface area (Å²) in [6.45, 7) is 2.88. The lowest BCUT2D eigenvalue weighted by atomic mass is 9.79. The fourth-order valence-electron chi connectivity index (χ4n) is 9.75. The standard InChI is InChI=1S/C53H56Cl2N8O15S/c1-20(2)10-30(57-3)48(72)61-43-45(69)22-5-8-35(28(54)12-22)77-37-14-24-15-38(47(37)71)78-36-9-6-23(13-29(36)55)46(70)44-52(76)59-32(19-64)26-16-25(65)17-34(67)40(26)27-11-21(4-7-33(27)66)41(50(74)62-44)63-53(79)42(24)60-49(73)31(18-39(56)68)58-51(43)75/h4-9,12-17,20,27,30-32,41-46,57,64-67,69-71H,10-11,18-19H2,1-3H3,(H2,56,68)(H,58,75)(H,59,76)(H,60,73)(H,61,72)(H,62,74)(H,63,79)/t27?,30-,31+,32-,41-,42-,43-,44+,45-,46?/m1/s1. The van der Waals surface area contributed by atoms with Crippen molar-refractivity contribution in [2.24, 2.45) is 11.7 Å². The smallest absolute Gasteiger partial charge is 0.247 e. The molecule has 0 fully saturated rings. The maximum absolute atomic E-state index is 15.1. The molecule has 2 unspecified atom stereocenters. The maximum Gasteiger partial charge on any atom is 0.247 e. The van der Waals surface area contributed by atoms with Gasteiger partial charge >= 0.3 is 0 Å². The number of nitrogens with two attached hydrogens (primary N) is 1. The lowest BCUT2D eigenvalue weighted by Gasteiger charge is -2.35. The van der Waals surface area contributed by atoms with E-state index in [9.17, 15) is 59.7 Å². The minimum absolute atomic E-state index is 0.00418. The number of aromatic hydroxyl groups is 3. The quantitative estimate of drug-likeness (QED) is 0.113. The summed E-state index contributed by atoms with van der Waals surface area (Å²) in [7, 11) is 1.53. The Balaban J connectivity index is 1.33. The molecule has 4 aromatic rings. The number of aliphatic hydroxyl groups excluding tert-OH is 4. The van der Waals surface area contributed by atoms with Crippen LogP contribution < -0.4 is 52.4 Å². The van der Waals surface area contributed by atoms with Gasteiger partial charge in [0.2, 0.25) is 41.2 Å². The van der Waals surface area contributed by atoms with Gasteiger partial charge in [0.05, 0.1) is 35.2 Å². The molecule has 79 heavy (non-hydrogen) atoms. The highest BCUT2D eigenvalue weighted by atomic mass is 35.5. The fourth-order valence-corrected chi connectivity index (χ4v) is 10.5. The van der Waals surface area contributed by atoms with Crippen LogP contribution in [-0.4, -0.2) is 120 Å². The number of halogens is 2. The van der Waals surface area contributed by atoms with Gasteiger partial charge in [0.15, 0.2) is 11.5 Å². The average molecular weight is 1150 g/mol. The number of phenolic OH excluding ortho intramolecular Hbond substituents is 3. The van der Waals surface area contributed by atoms with Crippen molar-refractivity contribution in [3.8, 4) is 40.2 Å². The molecule has 0 saturated heterocycles. The normalized spacial score (nSPS) is 24.6. The maximum atomic E-state index is 15.1. The molecule has 5 heterocycles. The van der Waals surface area contributed by atoms with Crippen LogP contribution in [0.4, 0.5) is 0 Å². The first-order valence-electron chi connectivity index (χ1n) is 24.7. The molecule has 1 aliphatic carbocycles. The number of nitrogens with one attached hydrogen (secondary N) is 7. The zero-order valence-electron chi connectivity index (χ0n) is 42.2. The summed E-state index contributed by atoms with van der Waals surface area (Å²) in [5.41, 5.74) is 5.47. The van der Waals surface area contributed by atoms with Crippen LogP contribution >= 0.6 is 35.4 Å². The highest BCUT2D eigenvalue weighted by Crippen LogP contribution is 2.47. The molecule has 418 valence electrons. The van der Waals surface area contributed by atoms with Crippen molar-refractivity contribution >= 4 is 75.9 Å². The summed E-state index contributed by atoms with van der Waals surface area (Å²) >= 11 is 19.7. The van der Waals surface area contributed by atoms with Gasteiger partial charge in [-0.1, -0.05) is 67.5 Å². The second-order valence-corrected chi connectivity index (χ2v) is 21.0. The number of allylic oxidation sites excluding steroid dienone is 3. The van der Waals surface area contributed by atoms with E-state index < -0.39 is 143 Å². The monoisotopic (exact) mass is 1150 g/mol. The Bertz CT molecular complexity index is 3210. The van der Waals surface area contributed by atoms with Crippen LogP contribution in [-0.2, 0) is 28.8 Å². The molecule has 23 nitrogen and oxygen atoms in total. The van der Waals surface area contributed by atoms with Crippen LogP contribution in [0.5, 0.6) is 40.2 Å². The third-order valence-electron chi connectivity index (χ3n) is 13.8. The van der Waals surface area contributed by atoms with E-state index >= 15 is 4.79 Å². The number of aliphatic hydroxyl groups is 4. The molecule has 10 atom stereocenters. The van der Waals surface area contributed by atoms with E-state index in [-0.39, 0.29) is 73.0 Å². The Morgan fingerprint density at radius 2 is 1.37 bits per heavy atom. The molecule has 26 heteroatoms. The fraction of sp³-hybridized carbons (Fsp3) is 0.340. The van der Waals surface area contributed by atoms with Crippen LogP contribution in [0.2, 0.25) is 10.0 Å². The van der Waals surface area contributed by atoms with E-state index in [0.717, 1.165) is 12.1 Å². The van der Waals surface area contributed by atoms with Gasteiger partial charge in [0, 0.05) is 17.5 Å². The van der Waals surface area contributed by atoms with Gasteiger partial charge in [-0.15, -0.1) is 0 Å². The minimum Gasteiger partial charge on any atom is -0.512 e. The number of phenols is 3. The molecule has 4 aromatic carbocycles. The predicted molar refractivity (Wildman–Crippen MR) is 287 cm³/mol. The number of fused-ring (bicyclic) bond motifs is 15. The lowest BCUT2D eigenvalue weighted by molar-refractivity contribution is -0.136. The van der Waals surface area contributed by atoms with Crippen molar-refractivity contribution in [2.45, 2.75) is 93.5 Å². The zero-order chi connectivity index (χ0) is 57.3. The number of thiocarbonyl (C=S) groups is 1. The van der Waals surface area contributed by atoms with Crippen molar-refractivity contribution < 1.29 is 74.0 Å². The topological polar surface area (TPSA) is 373 Å². The number of rotatable bonds is 8. The number of carbonyl (C=O) groups excluding carboxylic acids is 6. The number of benzene rings is 4. The van der Waals surface area contributed by atoms with E-state index in [1.54, 1.807) is 0 Å². The average Bonchev–Trinajstić information content (AvgIpc) is 3.43. The first-order valence-corrected chi connectivity index (χ1v) is 25.8. The Labute approximate surface area is 466 Å². The molecular weight excluding hydrogens is 1090 g/mol. The number of hydrogen-bond donors (Lipinski definition) is 15. The van der Waals surface area contributed by atoms with Gasteiger partial charge in [-0.25, -0.2) is 0 Å². The molecule has 0 spiro atoms. The van der Waals surface area contributed by atoms with Crippen molar-refractivity contribution in [3.05, 3.63) is 122 Å². The third kappa shape index (κ3) is 12.3. The van der Waals surface area contributed by atoms with Crippen LogP contribution in [0.1, 0.15) is 91.1 Å². The number of ether oxygens (including phenoxy) is 2. The molecule has 16 N–H and O–H groups in total. The highest BCUT2D eigenvalue weighted by molar-refractivity contribution is 7.80. The SMILES string of the molecule is CN[C@H](CC(C)C)C(=O)N[C@H]1C(=O)N[C@@H](CC(N)=O)C(=O)N[C@H]2C(=S)N[C@H]3C(=O)N[C@H](C(=O)N[C@H](CO)c4cc(O)cc(O)c4C4CC3=CC=C4O)C(O)c3ccc(c(Cl)c3)Oc3cc2cc(c3O)Oc2ccc(cc2Cl)[C@H]1O. The van der Waals surface area contributed by atoms with E-state index in [2.05, 4.69) is 37.2 Å². The summed E-state index contributed by atoms with van der Waals surface area (Å²) in [5.74, 6) is -10.8. The summed E-state index contributed by atoms with van der Waals surface area (Å²) in [5, 5.41) is 98.4. The van der Waals surface area contributed by atoms with Crippen molar-refractivity contribution in [2.75, 3.05) is 13.7 Å². The predicted octanol–water partition coefficient (Wildman–Crippen LogP) is 2.91. The summed E-state index contributed by atoms with van der Waals surface area (Å²) in [6.07, 6.45) is -2.15. The molecular formula is C53H56Cl2N8O15S. The van der Waals surface area contributed by atoms with Gasteiger partial charge in [0.25, 0.3) is 0 Å². The van der Waals surface area contributed by atoms with E-state index in [1.165, 1.54) is 67.7 Å². The van der Waals surface area contributed by atoms with Gasteiger partial charge in [-0.2, -0.15) is 0 Å². The Morgan fingerprint density at radius 3 is 1.95 bits per heavy atom. The van der Waals surface area contributed by atoms with Gasteiger partial charge in [0.1, 0.15) is 76.2 Å². The number of carbonyl (C=O) groups is 6. The zero-order valence-corrected chi connectivity index (χ0v) is 44.6. The molecule has 6 amide bonds. The Morgan fingerprint density at radius 1 is 0.747 bits per heavy atom. The third-order valence-corrected chi connectivity index (χ3v) is 14.7. The van der Waals surface area contributed by atoms with E-state index in [0.29, 0.717) is 6.42 Å². The first-order chi connectivity index (χ1) is 37.5. The first kappa shape index (κ1) is 57.5. The molecule has 5 aliphatic heterocycles. The molecule has 10 rings (SSSR count). The molecule has 0 aromatic heterocycles. The second kappa shape index (κ2) is 23.7. The van der Waals surface area contributed by atoms with Crippen molar-refractivity contribution in [1.82, 2.24) is 37.2 Å². The number of primary amides is 1. The van der Waals surface area contributed by atoms with Crippen molar-refractivity contribution in [1.29, 1.82) is 0 Å². The largest absolute Gasteiger partial charge is 0.512 e. The second-order valence-electron chi connectivity index (χ2n) is 19.7. The molecule has 0 saturated carbocycles. The summed E-state index contributed by atoms with van der Waals surface area (Å²) in [6, 6.07) is 0.728. The van der Waals surface area contributed by atoms with Crippen LogP contribution in [0.25, 0.3) is 0 Å². The lowest BCUT2D eigenvalue weighted by Crippen LogP contribution is -2.59. The number of likely N-dealkylation sites (N-methyl/N-ethyl adjacent to an activating group) is 1. The summed E-state index contributed by atoms with van der Waals surface area (Å²) < 4.78 is 12.4. The van der Waals surface area contributed by atoms with Crippen molar-refractivity contribution in [3.63, 3.8) is 0 Å². The molecule has 0 radical (unpaired) electrons. The van der Waals surface area contributed by atoms with Gasteiger partial charge < -0.3 is 88.2 Å². The van der Waals surface area contributed by atoms with E-state index in [1.807, 2.05) is 13.8 Å². The van der Waals surface area contributed by atoms with Crippen LogP contribution in [0, 0.1) is 5.92 Å². The summed E-state index contributed by atoms with van der Waals surface area (Å²) in [4.78, 5) is 85.1. The highest BCUT2D eigenvalue weighted by Gasteiger charge is 2.42. The van der Waals surface area contributed by atoms with Gasteiger partial charge in [-0.05, 0) is 102 Å². The van der Waals surface area contributed by atoms with Crippen LogP contribution in [0.15, 0.2) is 84.1 Å². The van der Waals surface area contributed by atoms with Gasteiger partial charge in [-0.3, -0.25) is 28.8 Å². The minimum atomic E-state index is -1.93. The Hall–Kier alpha value is -7.71. The van der Waals surface area contributed by atoms with Crippen LogP contribution in [0.3, 0.4) is 0 Å². The molecule has 6 aliphatic rings. The molecule has 11 bridgehead atoms. The number of hydrogen-bond acceptors (Lipinski definition) is 17. The van der Waals surface area contributed by atoms with E-state index in [4.69, 9.17) is 50.6 Å².